The van der Waals surface area contributed by atoms with Crippen molar-refractivity contribution in [1.29, 1.82) is 0 Å². The van der Waals surface area contributed by atoms with Gasteiger partial charge < -0.3 is 10.5 Å². The molecule has 0 fully saturated rings. The Morgan fingerprint density at radius 1 is 1.62 bits per heavy atom. The zero-order chi connectivity index (χ0) is 9.84. The van der Waals surface area contributed by atoms with Crippen LogP contribution in [0.25, 0.3) is 0 Å². The van der Waals surface area contributed by atoms with Crippen molar-refractivity contribution in [2.24, 2.45) is 5.29 Å². The van der Waals surface area contributed by atoms with Crippen LogP contribution in [-0.2, 0) is 0 Å². The van der Waals surface area contributed by atoms with Crippen LogP contribution < -0.4 is 15.6 Å². The molecule has 6 heteroatoms. The van der Waals surface area contributed by atoms with Gasteiger partial charge in [-0.15, -0.1) is 10.1 Å². The lowest BCUT2D eigenvalue weighted by Gasteiger charge is -2.11. The van der Waals surface area contributed by atoms with Crippen LogP contribution >= 0.6 is 0 Å². The summed E-state index contributed by atoms with van der Waals surface area (Å²) in [6.07, 6.45) is 0. The molecule has 0 aliphatic rings. The maximum atomic E-state index is 10.00. The molecule has 0 saturated heterocycles. The molecule has 0 spiro atoms. The monoisotopic (exact) mass is 183 g/mol. The molecule has 0 radical (unpaired) electrons. The van der Waals surface area contributed by atoms with Gasteiger partial charge in [-0.05, 0) is 12.1 Å². The lowest BCUT2D eigenvalue weighted by Crippen LogP contribution is -2.09. The van der Waals surface area contributed by atoms with Crippen LogP contribution in [0.15, 0.2) is 23.5 Å². The Labute approximate surface area is 74.4 Å². The molecule has 1 aromatic rings. The number of methoxy groups -OCH3 is 1. The minimum atomic E-state index is 0.145. The second-order valence-corrected chi connectivity index (χ2v) is 2.30. The van der Waals surface area contributed by atoms with E-state index in [9.17, 15) is 4.91 Å². The average molecular weight is 183 g/mol. The molecule has 0 saturated carbocycles. The molecule has 3 N–H and O–H groups in total. The van der Waals surface area contributed by atoms with Crippen LogP contribution in [-0.4, -0.2) is 12.3 Å². The molecule has 0 amide bonds. The predicted molar refractivity (Wildman–Crippen MR) is 47.5 cm³/mol. The van der Waals surface area contributed by atoms with Crippen molar-refractivity contribution in [2.45, 2.75) is 0 Å². The van der Waals surface area contributed by atoms with Crippen molar-refractivity contribution >= 4 is 11.4 Å². The van der Waals surface area contributed by atoms with Gasteiger partial charge in [0.05, 0.1) is 12.4 Å². The molecule has 0 atom stereocenters. The summed E-state index contributed by atoms with van der Waals surface area (Å²) in [6.45, 7) is 0. The SMILES string of the molecule is COc1cc(N)ccc1N(O)N=O. The van der Waals surface area contributed by atoms with Gasteiger partial charge in [0.25, 0.3) is 0 Å². The number of hydrogen-bond donors (Lipinski definition) is 2. The van der Waals surface area contributed by atoms with E-state index >= 15 is 0 Å². The number of benzene rings is 1. The number of nitrogen functional groups attached to an aromatic ring is 1. The summed E-state index contributed by atoms with van der Waals surface area (Å²) in [5.74, 6) is 0.280. The first-order valence-corrected chi connectivity index (χ1v) is 3.45. The number of nitroso groups, excluding NO2 is 1. The summed E-state index contributed by atoms with van der Waals surface area (Å²) in [6, 6.07) is 4.42. The Balaban J connectivity index is 3.12. The maximum Gasteiger partial charge on any atom is 0.148 e. The molecule has 1 rings (SSSR count). The highest BCUT2D eigenvalue weighted by Gasteiger charge is 2.09. The topological polar surface area (TPSA) is 88.2 Å². The van der Waals surface area contributed by atoms with Crippen LogP contribution in [0.1, 0.15) is 0 Å². The second-order valence-electron chi connectivity index (χ2n) is 2.30. The summed E-state index contributed by atoms with van der Waals surface area (Å²) < 4.78 is 4.87. The zero-order valence-electron chi connectivity index (χ0n) is 6.97. The van der Waals surface area contributed by atoms with Crippen LogP contribution in [0.2, 0.25) is 0 Å². The smallest absolute Gasteiger partial charge is 0.148 e. The second kappa shape index (κ2) is 3.72. The fourth-order valence-corrected chi connectivity index (χ4v) is 0.903. The highest BCUT2D eigenvalue weighted by Crippen LogP contribution is 2.29. The molecule has 0 bridgehead atoms. The first-order chi connectivity index (χ1) is 6.19. The van der Waals surface area contributed by atoms with Crippen molar-refractivity contribution in [3.8, 4) is 5.75 Å². The van der Waals surface area contributed by atoms with E-state index in [2.05, 4.69) is 5.29 Å². The Hall–Kier alpha value is -1.82. The minimum Gasteiger partial charge on any atom is -0.494 e. The third-order valence-electron chi connectivity index (χ3n) is 1.50. The van der Waals surface area contributed by atoms with Crippen LogP contribution in [0.5, 0.6) is 5.75 Å². The fraction of sp³-hybridized carbons (Fsp3) is 0.143. The third kappa shape index (κ3) is 1.85. The number of nitrogens with two attached hydrogens (primary N) is 1. The molecule has 13 heavy (non-hydrogen) atoms. The number of hydrogen-bond acceptors (Lipinski definition) is 5. The van der Waals surface area contributed by atoms with Crippen LogP contribution in [0.3, 0.4) is 0 Å². The molecular formula is C7H9N3O3. The number of nitrogens with zero attached hydrogens (tertiary/aromatic N) is 2. The van der Waals surface area contributed by atoms with E-state index in [-0.39, 0.29) is 16.6 Å². The predicted octanol–water partition coefficient (Wildman–Crippen LogP) is 1.15. The van der Waals surface area contributed by atoms with Crippen molar-refractivity contribution in [1.82, 2.24) is 0 Å². The lowest BCUT2D eigenvalue weighted by molar-refractivity contribution is 0.253. The number of ether oxygens (including phenoxy) is 1. The van der Waals surface area contributed by atoms with Crippen LogP contribution in [0.4, 0.5) is 11.4 Å². The normalized spacial score (nSPS) is 9.38. The maximum absolute atomic E-state index is 10.00. The van der Waals surface area contributed by atoms with Crippen molar-refractivity contribution in [3.63, 3.8) is 0 Å². The van der Waals surface area contributed by atoms with Crippen molar-refractivity contribution < 1.29 is 9.94 Å². The summed E-state index contributed by atoms with van der Waals surface area (Å²) in [4.78, 5) is 10.00. The molecular weight excluding hydrogens is 174 g/mol. The van der Waals surface area contributed by atoms with Gasteiger partial charge in [0.15, 0.2) is 0 Å². The van der Waals surface area contributed by atoms with Gasteiger partial charge in [-0.3, -0.25) is 5.21 Å². The summed E-state index contributed by atoms with van der Waals surface area (Å²) in [5, 5.41) is 11.5. The van der Waals surface area contributed by atoms with E-state index in [1.807, 2.05) is 0 Å². The Morgan fingerprint density at radius 2 is 2.31 bits per heavy atom. The van der Waals surface area contributed by atoms with Gasteiger partial charge in [0, 0.05) is 11.8 Å². The van der Waals surface area contributed by atoms with Crippen molar-refractivity contribution in [3.05, 3.63) is 23.1 Å². The van der Waals surface area contributed by atoms with Gasteiger partial charge in [0.1, 0.15) is 11.4 Å². The zero-order valence-corrected chi connectivity index (χ0v) is 6.97. The highest BCUT2D eigenvalue weighted by atomic mass is 16.6. The van der Waals surface area contributed by atoms with E-state index in [0.29, 0.717) is 5.69 Å². The largest absolute Gasteiger partial charge is 0.494 e. The summed E-state index contributed by atoms with van der Waals surface area (Å²) >= 11 is 0. The molecule has 0 unspecified atom stereocenters. The average Bonchev–Trinajstić information content (AvgIpc) is 2.16. The van der Waals surface area contributed by atoms with E-state index in [1.165, 1.54) is 25.3 Å². The molecule has 0 aromatic heterocycles. The van der Waals surface area contributed by atoms with E-state index in [1.54, 1.807) is 0 Å². The molecule has 1 aromatic carbocycles. The van der Waals surface area contributed by atoms with E-state index in [0.717, 1.165) is 0 Å². The highest BCUT2D eigenvalue weighted by molar-refractivity contribution is 5.62. The quantitative estimate of drug-likeness (QED) is 0.417. The molecule has 0 aliphatic carbocycles. The molecule has 0 heterocycles. The first-order valence-electron chi connectivity index (χ1n) is 3.45. The summed E-state index contributed by atoms with van der Waals surface area (Å²) in [7, 11) is 1.40. The fourth-order valence-electron chi connectivity index (χ4n) is 0.903. The van der Waals surface area contributed by atoms with Gasteiger partial charge in [0.2, 0.25) is 0 Å². The van der Waals surface area contributed by atoms with E-state index in [4.69, 9.17) is 15.7 Å². The lowest BCUT2D eigenvalue weighted by atomic mass is 10.2. The first kappa shape index (κ1) is 9.27. The van der Waals surface area contributed by atoms with Gasteiger partial charge in [-0.1, -0.05) is 0 Å². The molecule has 70 valence electrons. The van der Waals surface area contributed by atoms with Gasteiger partial charge in [-0.2, -0.15) is 0 Å². The van der Waals surface area contributed by atoms with Gasteiger partial charge >= 0.3 is 0 Å². The summed E-state index contributed by atoms with van der Waals surface area (Å²) in [5.41, 5.74) is 6.07. The third-order valence-corrected chi connectivity index (χ3v) is 1.50. The van der Waals surface area contributed by atoms with Crippen LogP contribution in [0, 0.1) is 4.91 Å². The molecule has 6 nitrogen and oxygen atoms in total. The van der Waals surface area contributed by atoms with Crippen molar-refractivity contribution in [2.75, 3.05) is 18.0 Å². The standard InChI is InChI=1S/C7H9N3O3/c1-13-7-4-5(8)2-3-6(7)10(12)9-11/h2-4,12H,8H2,1H3. The Bertz CT molecular complexity index is 316. The number of anilines is 2. The Morgan fingerprint density at radius 3 is 2.85 bits per heavy atom. The molecule has 0 aliphatic heterocycles. The Kier molecular flexibility index (Phi) is 2.65. The van der Waals surface area contributed by atoms with Gasteiger partial charge in [-0.25, -0.2) is 0 Å². The minimum absolute atomic E-state index is 0.145. The number of rotatable bonds is 3. The van der Waals surface area contributed by atoms with E-state index < -0.39 is 0 Å².